The molecule has 4 rings (SSSR count). The molecule has 7 nitrogen and oxygen atoms in total. The van der Waals surface area contributed by atoms with Crippen LogP contribution >= 0.6 is 0 Å². The van der Waals surface area contributed by atoms with E-state index < -0.39 is 0 Å². The van der Waals surface area contributed by atoms with Crippen LogP contribution in [0.4, 0.5) is 0 Å². The number of likely N-dealkylation sites (tertiary alicyclic amines) is 1. The van der Waals surface area contributed by atoms with Crippen molar-refractivity contribution < 1.29 is 23.8 Å². The zero-order chi connectivity index (χ0) is 20.3. The van der Waals surface area contributed by atoms with Crippen LogP contribution in [0, 0.1) is 5.92 Å². The van der Waals surface area contributed by atoms with Crippen molar-refractivity contribution in [1.29, 1.82) is 0 Å². The van der Waals surface area contributed by atoms with E-state index >= 15 is 0 Å². The number of hydrogen-bond donors (Lipinski definition) is 0. The molecule has 3 aliphatic rings. The quantitative estimate of drug-likeness (QED) is 0.721. The number of morpholine rings is 1. The highest BCUT2D eigenvalue weighted by Crippen LogP contribution is 2.39. The topological polar surface area (TPSA) is 68.3 Å². The summed E-state index contributed by atoms with van der Waals surface area (Å²) >= 11 is 0. The average molecular weight is 402 g/mol. The molecule has 7 heteroatoms. The zero-order valence-electron chi connectivity index (χ0n) is 17.1. The van der Waals surface area contributed by atoms with E-state index in [0.717, 1.165) is 17.7 Å². The van der Waals surface area contributed by atoms with Crippen molar-refractivity contribution in [3.05, 3.63) is 29.8 Å². The van der Waals surface area contributed by atoms with E-state index in [0.29, 0.717) is 65.3 Å². The highest BCUT2D eigenvalue weighted by molar-refractivity contribution is 5.78. The Morgan fingerprint density at radius 1 is 1.17 bits per heavy atom. The van der Waals surface area contributed by atoms with E-state index in [1.807, 2.05) is 34.1 Å². The summed E-state index contributed by atoms with van der Waals surface area (Å²) in [5.74, 6) is 1.42. The predicted molar refractivity (Wildman–Crippen MR) is 107 cm³/mol. The van der Waals surface area contributed by atoms with Gasteiger partial charge in [0.2, 0.25) is 11.8 Å². The summed E-state index contributed by atoms with van der Waals surface area (Å²) in [6.45, 7) is 4.54. The molecule has 0 N–H and O–H groups in total. The van der Waals surface area contributed by atoms with E-state index in [9.17, 15) is 9.59 Å². The first-order valence-electron chi connectivity index (χ1n) is 10.5. The van der Waals surface area contributed by atoms with Crippen molar-refractivity contribution in [2.45, 2.75) is 31.3 Å². The molecule has 2 amide bonds. The average Bonchev–Trinajstić information content (AvgIpc) is 3.16. The van der Waals surface area contributed by atoms with Crippen LogP contribution in [0.2, 0.25) is 0 Å². The van der Waals surface area contributed by atoms with E-state index in [1.54, 1.807) is 7.11 Å². The normalized spacial score (nSPS) is 23.1. The monoisotopic (exact) mass is 402 g/mol. The van der Waals surface area contributed by atoms with E-state index in [-0.39, 0.29) is 23.3 Å². The molecule has 0 aromatic heterocycles. The molecule has 1 unspecified atom stereocenters. The standard InChI is InChI=1S/C22H30N2O5/c1-27-19-4-2-3-17(11-19)5-6-20(25)24-15-22(16-24)13-18(14-29-22)12-21(26)23-7-9-28-10-8-23/h2-4,11,18H,5-10,12-16H2,1H3. The summed E-state index contributed by atoms with van der Waals surface area (Å²) in [5.41, 5.74) is 0.869. The summed E-state index contributed by atoms with van der Waals surface area (Å²) in [5, 5.41) is 0. The van der Waals surface area contributed by atoms with Crippen LogP contribution in [0.1, 0.15) is 24.8 Å². The third-order valence-electron chi connectivity index (χ3n) is 6.19. The number of nitrogens with zero attached hydrogens (tertiary/aromatic N) is 2. The maximum atomic E-state index is 12.5. The van der Waals surface area contributed by atoms with Gasteiger partial charge in [0.05, 0.1) is 40.0 Å². The van der Waals surface area contributed by atoms with Gasteiger partial charge >= 0.3 is 0 Å². The number of benzene rings is 1. The molecule has 158 valence electrons. The predicted octanol–water partition coefficient (Wildman–Crippen LogP) is 1.49. The molecule has 1 aromatic rings. The Morgan fingerprint density at radius 3 is 2.72 bits per heavy atom. The Labute approximate surface area is 171 Å². The second-order valence-corrected chi connectivity index (χ2v) is 8.36. The first kappa shape index (κ1) is 20.2. The minimum absolute atomic E-state index is 0.162. The second-order valence-electron chi connectivity index (χ2n) is 8.36. The van der Waals surface area contributed by atoms with Gasteiger partial charge in [0.1, 0.15) is 11.4 Å². The molecule has 29 heavy (non-hydrogen) atoms. The molecule has 0 saturated carbocycles. The first-order valence-corrected chi connectivity index (χ1v) is 10.5. The molecule has 0 aliphatic carbocycles. The number of rotatable bonds is 6. The molecule has 3 heterocycles. The summed E-state index contributed by atoms with van der Waals surface area (Å²) < 4.78 is 16.6. The van der Waals surface area contributed by atoms with Gasteiger partial charge in [-0.15, -0.1) is 0 Å². The molecule has 0 bridgehead atoms. The van der Waals surface area contributed by atoms with Crippen LogP contribution in [0.25, 0.3) is 0 Å². The SMILES string of the molecule is COc1cccc(CCC(=O)N2CC3(CC(CC(=O)N4CCOCC4)CO3)C2)c1. The number of carbonyl (C=O) groups excluding carboxylic acids is 2. The molecule has 3 saturated heterocycles. The Morgan fingerprint density at radius 2 is 1.97 bits per heavy atom. The fraction of sp³-hybridized carbons (Fsp3) is 0.636. The minimum atomic E-state index is -0.235. The van der Waals surface area contributed by atoms with Gasteiger partial charge < -0.3 is 24.0 Å². The van der Waals surface area contributed by atoms with Crippen LogP contribution in [0.5, 0.6) is 5.75 Å². The van der Waals surface area contributed by atoms with Gasteiger partial charge in [-0.3, -0.25) is 9.59 Å². The van der Waals surface area contributed by atoms with Gasteiger partial charge in [0.15, 0.2) is 0 Å². The number of methoxy groups -OCH3 is 1. The number of carbonyl (C=O) groups is 2. The lowest BCUT2D eigenvalue weighted by molar-refractivity contribution is -0.157. The third kappa shape index (κ3) is 4.73. The van der Waals surface area contributed by atoms with E-state index in [2.05, 4.69) is 0 Å². The Kier molecular flexibility index (Phi) is 6.06. The number of amides is 2. The number of ether oxygens (including phenoxy) is 3. The van der Waals surface area contributed by atoms with E-state index in [4.69, 9.17) is 14.2 Å². The largest absolute Gasteiger partial charge is 0.497 e. The lowest BCUT2D eigenvalue weighted by Crippen LogP contribution is -2.63. The highest BCUT2D eigenvalue weighted by Gasteiger charge is 2.51. The van der Waals surface area contributed by atoms with Gasteiger partial charge in [0.25, 0.3) is 0 Å². The maximum absolute atomic E-state index is 12.5. The lowest BCUT2D eigenvalue weighted by atomic mass is 9.85. The van der Waals surface area contributed by atoms with Crippen LogP contribution in [-0.4, -0.2) is 80.3 Å². The zero-order valence-corrected chi connectivity index (χ0v) is 17.1. The highest BCUT2D eigenvalue weighted by atomic mass is 16.5. The molecular formula is C22H30N2O5. The molecule has 1 aromatic carbocycles. The van der Waals surface area contributed by atoms with E-state index in [1.165, 1.54) is 0 Å². The van der Waals surface area contributed by atoms with Gasteiger partial charge in [-0.2, -0.15) is 0 Å². The molecule has 1 atom stereocenters. The van der Waals surface area contributed by atoms with Crippen molar-refractivity contribution in [2.24, 2.45) is 5.92 Å². The Hall–Kier alpha value is -2.12. The van der Waals surface area contributed by atoms with Crippen molar-refractivity contribution in [2.75, 3.05) is 53.1 Å². The Bertz CT molecular complexity index is 740. The maximum Gasteiger partial charge on any atom is 0.223 e. The summed E-state index contributed by atoms with van der Waals surface area (Å²) in [6.07, 6.45) is 2.59. The second kappa shape index (κ2) is 8.71. The van der Waals surface area contributed by atoms with Gasteiger partial charge in [-0.25, -0.2) is 0 Å². The van der Waals surface area contributed by atoms with Crippen molar-refractivity contribution in [3.63, 3.8) is 0 Å². The Balaban J connectivity index is 1.20. The summed E-state index contributed by atoms with van der Waals surface area (Å²) in [7, 11) is 1.65. The number of aryl methyl sites for hydroxylation is 1. The van der Waals surface area contributed by atoms with Crippen LogP contribution < -0.4 is 4.74 Å². The van der Waals surface area contributed by atoms with Crippen molar-refractivity contribution >= 4 is 11.8 Å². The fourth-order valence-electron chi connectivity index (χ4n) is 4.54. The molecule has 3 fully saturated rings. The summed E-state index contributed by atoms with van der Waals surface area (Å²) in [4.78, 5) is 28.8. The van der Waals surface area contributed by atoms with Crippen molar-refractivity contribution in [1.82, 2.24) is 9.80 Å². The molecule has 3 aliphatic heterocycles. The third-order valence-corrected chi connectivity index (χ3v) is 6.19. The molecule has 0 radical (unpaired) electrons. The van der Waals surface area contributed by atoms with Gasteiger partial charge in [-0.05, 0) is 36.5 Å². The number of hydrogen-bond acceptors (Lipinski definition) is 5. The summed E-state index contributed by atoms with van der Waals surface area (Å²) in [6, 6.07) is 7.84. The van der Waals surface area contributed by atoms with Gasteiger partial charge in [-0.1, -0.05) is 12.1 Å². The van der Waals surface area contributed by atoms with Crippen LogP contribution in [0.3, 0.4) is 0 Å². The van der Waals surface area contributed by atoms with Gasteiger partial charge in [0, 0.05) is 25.9 Å². The smallest absolute Gasteiger partial charge is 0.223 e. The van der Waals surface area contributed by atoms with Crippen LogP contribution in [-0.2, 0) is 25.5 Å². The molecule has 1 spiro atoms. The fourth-order valence-corrected chi connectivity index (χ4v) is 4.54. The molecular weight excluding hydrogens is 372 g/mol. The first-order chi connectivity index (χ1) is 14.1. The van der Waals surface area contributed by atoms with Crippen LogP contribution in [0.15, 0.2) is 24.3 Å². The van der Waals surface area contributed by atoms with Crippen molar-refractivity contribution in [3.8, 4) is 5.75 Å². The minimum Gasteiger partial charge on any atom is -0.497 e. The lowest BCUT2D eigenvalue weighted by Gasteiger charge is -2.47.